The fourth-order valence-electron chi connectivity index (χ4n) is 3.74. The summed E-state index contributed by atoms with van der Waals surface area (Å²) in [4.78, 5) is 38.3. The highest BCUT2D eigenvalue weighted by molar-refractivity contribution is 5.82. The van der Waals surface area contributed by atoms with Crippen molar-refractivity contribution >= 4 is 22.8 Å². The highest BCUT2D eigenvalue weighted by atomic mass is 16.6. The molecule has 1 heterocycles. The molecule has 1 N–H and O–H groups in total. The van der Waals surface area contributed by atoms with Crippen LogP contribution in [0.15, 0.2) is 88.0 Å². The van der Waals surface area contributed by atoms with Crippen molar-refractivity contribution in [3.8, 4) is 11.5 Å². The number of hydrogen-bond acceptors (Lipinski definition) is 7. The number of aromatic nitrogens is 2. The molecule has 0 atom stereocenters. The summed E-state index contributed by atoms with van der Waals surface area (Å²) < 4.78 is 12.7. The van der Waals surface area contributed by atoms with Gasteiger partial charge in [-0.05, 0) is 60.9 Å². The normalized spacial score (nSPS) is 11.1. The van der Waals surface area contributed by atoms with Gasteiger partial charge in [0.15, 0.2) is 11.5 Å². The maximum absolute atomic E-state index is 12.8. The van der Waals surface area contributed by atoms with Crippen molar-refractivity contribution in [3.05, 3.63) is 121 Å². The van der Waals surface area contributed by atoms with Crippen molar-refractivity contribution < 1.29 is 14.4 Å². The topological polar surface area (TPSA) is 129 Å². The summed E-state index contributed by atoms with van der Waals surface area (Å²) in [5.41, 5.74) is 1.34. The summed E-state index contributed by atoms with van der Waals surface area (Å²) in [5, 5.41) is 15.4. The van der Waals surface area contributed by atoms with Gasteiger partial charge in [0.05, 0.1) is 28.6 Å². The van der Waals surface area contributed by atoms with Gasteiger partial charge in [0.2, 0.25) is 0 Å². The molecule has 0 radical (unpaired) electrons. The average molecular weight is 501 g/mol. The maximum atomic E-state index is 12.8. The zero-order valence-electron chi connectivity index (χ0n) is 20.0. The van der Waals surface area contributed by atoms with Gasteiger partial charge in [-0.25, -0.2) is 4.79 Å². The van der Waals surface area contributed by atoms with Crippen molar-refractivity contribution in [3.63, 3.8) is 0 Å². The van der Waals surface area contributed by atoms with E-state index in [2.05, 4.69) is 16.7 Å². The van der Waals surface area contributed by atoms with Crippen LogP contribution in [0.3, 0.4) is 0 Å². The summed E-state index contributed by atoms with van der Waals surface area (Å²) in [6.45, 7) is 6.17. The summed E-state index contributed by atoms with van der Waals surface area (Å²) in [6, 6.07) is 16.3. The third-order valence-electron chi connectivity index (χ3n) is 5.45. The number of non-ortho nitro benzene ring substituents is 1. The average Bonchev–Trinajstić information content (AvgIpc) is 2.88. The van der Waals surface area contributed by atoms with E-state index < -0.39 is 16.2 Å². The number of allylic oxidation sites excluding steroid dienone is 1. The number of nitro benzene ring substituents is 1. The molecular formula is C27H24N4O6. The molecule has 188 valence electrons. The van der Waals surface area contributed by atoms with Gasteiger partial charge in [-0.2, -0.15) is 5.10 Å². The number of nitro groups is 1. The van der Waals surface area contributed by atoms with Crippen LogP contribution < -0.4 is 20.7 Å². The number of rotatable bonds is 10. The molecule has 0 aliphatic rings. The number of ether oxygens (including phenoxy) is 2. The SMILES string of the molecule is C=CCc1cc(C=Nn2c(=O)[nH]c3ccccc3c2=O)cc(OCC)c1OCc1ccc([N+](=O)[O-])cc1. The zero-order chi connectivity index (χ0) is 26.4. The minimum atomic E-state index is -0.653. The smallest absolute Gasteiger partial charge is 0.349 e. The molecule has 4 aromatic rings. The molecular weight excluding hydrogens is 476 g/mol. The van der Waals surface area contributed by atoms with E-state index in [9.17, 15) is 19.7 Å². The van der Waals surface area contributed by atoms with Crippen molar-refractivity contribution in [1.29, 1.82) is 0 Å². The summed E-state index contributed by atoms with van der Waals surface area (Å²) in [7, 11) is 0. The van der Waals surface area contributed by atoms with Crippen LogP contribution in [0.2, 0.25) is 0 Å². The Morgan fingerprint density at radius 2 is 1.86 bits per heavy atom. The number of benzene rings is 3. The van der Waals surface area contributed by atoms with E-state index in [1.54, 1.807) is 54.6 Å². The molecule has 0 unspecified atom stereocenters. The van der Waals surface area contributed by atoms with Gasteiger partial charge in [-0.15, -0.1) is 11.3 Å². The monoisotopic (exact) mass is 500 g/mol. The molecule has 0 spiro atoms. The molecule has 0 bridgehead atoms. The third-order valence-corrected chi connectivity index (χ3v) is 5.45. The second-order valence-corrected chi connectivity index (χ2v) is 7.98. The number of nitrogens with zero attached hydrogens (tertiary/aromatic N) is 3. The lowest BCUT2D eigenvalue weighted by molar-refractivity contribution is -0.384. The first-order chi connectivity index (χ1) is 17.9. The molecule has 0 saturated heterocycles. The molecule has 0 amide bonds. The van der Waals surface area contributed by atoms with Gasteiger partial charge in [-0.1, -0.05) is 18.2 Å². The largest absolute Gasteiger partial charge is 0.490 e. The Bertz CT molecular complexity index is 1600. The fourth-order valence-corrected chi connectivity index (χ4v) is 3.74. The van der Waals surface area contributed by atoms with Crippen LogP contribution in [0.1, 0.15) is 23.6 Å². The first-order valence-corrected chi connectivity index (χ1v) is 11.5. The van der Waals surface area contributed by atoms with Crippen LogP contribution in [0.4, 0.5) is 5.69 Å². The minimum Gasteiger partial charge on any atom is -0.490 e. The quantitative estimate of drug-likeness (QED) is 0.150. The predicted molar refractivity (Wildman–Crippen MR) is 141 cm³/mol. The van der Waals surface area contributed by atoms with E-state index in [0.717, 1.165) is 15.8 Å². The number of fused-ring (bicyclic) bond motifs is 1. The summed E-state index contributed by atoms with van der Waals surface area (Å²) >= 11 is 0. The maximum Gasteiger partial charge on any atom is 0.349 e. The third kappa shape index (κ3) is 5.64. The number of H-pyrrole nitrogens is 1. The Hall–Kier alpha value is -4.99. The van der Waals surface area contributed by atoms with E-state index in [0.29, 0.717) is 41.0 Å². The number of nitrogens with one attached hydrogen (secondary N) is 1. The van der Waals surface area contributed by atoms with Crippen LogP contribution in [-0.4, -0.2) is 27.4 Å². The Morgan fingerprint density at radius 3 is 2.57 bits per heavy atom. The van der Waals surface area contributed by atoms with E-state index >= 15 is 0 Å². The molecule has 0 aliphatic carbocycles. The Kier molecular flexibility index (Phi) is 7.58. The Morgan fingerprint density at radius 1 is 1.11 bits per heavy atom. The molecule has 3 aromatic carbocycles. The zero-order valence-corrected chi connectivity index (χ0v) is 20.0. The molecule has 10 nitrogen and oxygen atoms in total. The molecule has 0 aliphatic heterocycles. The Labute approximate surface area is 211 Å². The van der Waals surface area contributed by atoms with Crippen molar-refractivity contribution in [2.45, 2.75) is 20.0 Å². The predicted octanol–water partition coefficient (Wildman–Crippen LogP) is 4.19. The van der Waals surface area contributed by atoms with Gasteiger partial charge in [-0.3, -0.25) is 14.9 Å². The molecule has 0 saturated carbocycles. The highest BCUT2D eigenvalue weighted by Gasteiger charge is 2.14. The fraction of sp³-hybridized carbons (Fsp3) is 0.148. The van der Waals surface area contributed by atoms with Crippen molar-refractivity contribution in [2.75, 3.05) is 6.61 Å². The molecule has 4 rings (SSSR count). The standard InChI is InChI=1S/C27H24N4O6/c1-3-7-20-14-19(16-28-30-26(32)22-8-5-6-9-23(22)29-27(30)33)15-24(36-4-2)25(20)37-17-18-10-12-21(13-11-18)31(34)35/h3,5-6,8-16H,1,4,7,17H2,2H3,(H,29,33). The summed E-state index contributed by atoms with van der Waals surface area (Å²) in [6.07, 6.45) is 3.57. The lowest BCUT2D eigenvalue weighted by Gasteiger charge is -2.17. The first kappa shape index (κ1) is 25.1. The van der Waals surface area contributed by atoms with Crippen LogP contribution in [-0.2, 0) is 13.0 Å². The lowest BCUT2D eigenvalue weighted by atomic mass is 10.1. The van der Waals surface area contributed by atoms with Crippen molar-refractivity contribution in [1.82, 2.24) is 9.66 Å². The number of para-hydroxylation sites is 1. The van der Waals surface area contributed by atoms with Crippen LogP contribution in [0, 0.1) is 10.1 Å². The van der Waals surface area contributed by atoms with Gasteiger partial charge in [0, 0.05) is 17.7 Å². The number of hydrogen-bond donors (Lipinski definition) is 1. The Balaban J connectivity index is 1.67. The second-order valence-electron chi connectivity index (χ2n) is 7.98. The van der Waals surface area contributed by atoms with Gasteiger partial charge >= 0.3 is 5.69 Å². The van der Waals surface area contributed by atoms with Gasteiger partial charge in [0.1, 0.15) is 6.61 Å². The minimum absolute atomic E-state index is 0.000834. The highest BCUT2D eigenvalue weighted by Crippen LogP contribution is 2.34. The molecule has 0 fully saturated rings. The molecule has 37 heavy (non-hydrogen) atoms. The first-order valence-electron chi connectivity index (χ1n) is 11.5. The van der Waals surface area contributed by atoms with Gasteiger partial charge < -0.3 is 14.5 Å². The molecule has 10 heteroatoms. The van der Waals surface area contributed by atoms with Crippen LogP contribution in [0.25, 0.3) is 10.9 Å². The second kappa shape index (κ2) is 11.2. The lowest BCUT2D eigenvalue weighted by Crippen LogP contribution is -2.32. The van der Waals surface area contributed by atoms with Crippen molar-refractivity contribution in [2.24, 2.45) is 5.10 Å². The van der Waals surface area contributed by atoms with E-state index in [-0.39, 0.29) is 12.3 Å². The van der Waals surface area contributed by atoms with E-state index in [1.165, 1.54) is 18.3 Å². The van der Waals surface area contributed by atoms with E-state index in [1.807, 2.05) is 6.92 Å². The summed E-state index contributed by atoms with van der Waals surface area (Å²) in [5.74, 6) is 0.947. The van der Waals surface area contributed by atoms with Gasteiger partial charge in [0.25, 0.3) is 11.2 Å². The number of aromatic amines is 1. The molecule has 1 aromatic heterocycles. The van der Waals surface area contributed by atoms with E-state index in [4.69, 9.17) is 9.47 Å². The van der Waals surface area contributed by atoms with Crippen LogP contribution in [0.5, 0.6) is 11.5 Å². The van der Waals surface area contributed by atoms with Crippen LogP contribution >= 0.6 is 0 Å².